The Kier molecular flexibility index (Phi) is 3.88. The second kappa shape index (κ2) is 5.59. The lowest BCUT2D eigenvalue weighted by molar-refractivity contribution is -0.119. The van der Waals surface area contributed by atoms with E-state index in [0.29, 0.717) is 37.4 Å². The molecule has 2 heterocycles. The molecule has 0 saturated carbocycles. The maximum atomic E-state index is 12.2. The maximum absolute atomic E-state index is 12.2. The quantitative estimate of drug-likeness (QED) is 0.732. The van der Waals surface area contributed by atoms with Gasteiger partial charge in [-0.3, -0.25) is 14.6 Å². The lowest BCUT2D eigenvalue weighted by atomic mass is 10.2. The summed E-state index contributed by atoms with van der Waals surface area (Å²) < 4.78 is 0. The van der Waals surface area contributed by atoms with E-state index in [4.69, 9.17) is 5.11 Å². The first-order valence-electron chi connectivity index (χ1n) is 5.79. The van der Waals surface area contributed by atoms with E-state index in [1.54, 1.807) is 21.9 Å². The van der Waals surface area contributed by atoms with E-state index in [9.17, 15) is 9.59 Å². The monoisotopic (exact) mass is 249 g/mol. The zero-order chi connectivity index (χ0) is 13.0. The number of rotatable bonds is 3. The average Bonchev–Trinajstić information content (AvgIpc) is 2.46. The predicted molar refractivity (Wildman–Crippen MR) is 63.7 cm³/mol. The van der Waals surface area contributed by atoms with Crippen molar-refractivity contribution in [1.29, 1.82) is 0 Å². The average molecular weight is 249 g/mol. The highest BCUT2D eigenvalue weighted by atomic mass is 16.3. The molecule has 2 amide bonds. The summed E-state index contributed by atoms with van der Waals surface area (Å²) in [5.41, 5.74) is 1.00. The predicted octanol–water partition coefficient (Wildman–Crippen LogP) is -0.512. The second-order valence-electron chi connectivity index (χ2n) is 4.13. The Hall–Kier alpha value is -1.95. The fraction of sp³-hybridized carbons (Fsp3) is 0.417. The van der Waals surface area contributed by atoms with Crippen LogP contribution in [0.4, 0.5) is 0 Å². The van der Waals surface area contributed by atoms with Crippen molar-refractivity contribution < 1.29 is 14.7 Å². The maximum Gasteiger partial charge on any atom is 0.254 e. The largest absolute Gasteiger partial charge is 0.390 e. The molecule has 0 spiro atoms. The zero-order valence-corrected chi connectivity index (χ0v) is 9.95. The molecule has 1 aliphatic rings. The third-order valence-electron chi connectivity index (χ3n) is 2.98. The molecule has 0 aliphatic carbocycles. The van der Waals surface area contributed by atoms with Gasteiger partial charge >= 0.3 is 0 Å². The molecule has 1 aliphatic heterocycles. The van der Waals surface area contributed by atoms with Gasteiger partial charge < -0.3 is 14.9 Å². The Bertz CT molecular complexity index is 442. The normalized spacial score (nSPS) is 15.6. The molecule has 0 unspecified atom stereocenters. The van der Waals surface area contributed by atoms with Crippen LogP contribution in [0.2, 0.25) is 0 Å². The summed E-state index contributed by atoms with van der Waals surface area (Å²) in [5.74, 6) is -0.0855. The van der Waals surface area contributed by atoms with Crippen LogP contribution in [-0.4, -0.2) is 58.4 Å². The third-order valence-corrected chi connectivity index (χ3v) is 2.98. The molecule has 18 heavy (non-hydrogen) atoms. The van der Waals surface area contributed by atoms with Crippen LogP contribution in [-0.2, 0) is 11.4 Å². The van der Waals surface area contributed by atoms with Gasteiger partial charge in [0.15, 0.2) is 0 Å². The molecular formula is C12H15N3O3. The van der Waals surface area contributed by atoms with Crippen LogP contribution in [0.5, 0.6) is 0 Å². The van der Waals surface area contributed by atoms with Gasteiger partial charge in [-0.05, 0) is 12.1 Å². The molecule has 6 heteroatoms. The van der Waals surface area contributed by atoms with Crippen LogP contribution in [0.25, 0.3) is 0 Å². The van der Waals surface area contributed by atoms with Crippen molar-refractivity contribution in [1.82, 2.24) is 14.8 Å². The van der Waals surface area contributed by atoms with Crippen LogP contribution in [0.15, 0.2) is 18.3 Å². The van der Waals surface area contributed by atoms with Crippen molar-refractivity contribution in [2.75, 3.05) is 26.2 Å². The first-order chi connectivity index (χ1) is 8.74. The van der Waals surface area contributed by atoms with E-state index in [1.807, 2.05) is 0 Å². The van der Waals surface area contributed by atoms with Gasteiger partial charge in [-0.1, -0.05) is 0 Å². The van der Waals surface area contributed by atoms with Crippen molar-refractivity contribution in [3.8, 4) is 0 Å². The van der Waals surface area contributed by atoms with Gasteiger partial charge in [0.25, 0.3) is 5.91 Å². The Labute approximate surface area is 105 Å². The van der Waals surface area contributed by atoms with Crippen LogP contribution < -0.4 is 0 Å². The highest BCUT2D eigenvalue weighted by Crippen LogP contribution is 2.09. The molecule has 2 rings (SSSR count). The van der Waals surface area contributed by atoms with E-state index in [-0.39, 0.29) is 12.5 Å². The number of aliphatic hydroxyl groups is 1. The molecule has 0 radical (unpaired) electrons. The van der Waals surface area contributed by atoms with Gasteiger partial charge in [-0.2, -0.15) is 0 Å². The standard InChI is InChI=1S/C12H15N3O3/c16-8-11-7-10(1-2-13-11)12(18)15-5-3-14(9-17)4-6-15/h1-2,7,9,16H,3-6,8H2. The second-order valence-corrected chi connectivity index (χ2v) is 4.13. The fourth-order valence-corrected chi connectivity index (χ4v) is 1.91. The molecule has 0 bridgehead atoms. The molecule has 1 fully saturated rings. The molecule has 0 atom stereocenters. The summed E-state index contributed by atoms with van der Waals surface area (Å²) >= 11 is 0. The topological polar surface area (TPSA) is 73.7 Å². The summed E-state index contributed by atoms with van der Waals surface area (Å²) in [6.07, 6.45) is 2.32. The van der Waals surface area contributed by atoms with E-state index < -0.39 is 0 Å². The summed E-state index contributed by atoms with van der Waals surface area (Å²) in [4.78, 5) is 30.0. The lowest BCUT2D eigenvalue weighted by Gasteiger charge is -2.32. The Morgan fingerprint density at radius 1 is 1.39 bits per heavy atom. The number of hydrogen-bond acceptors (Lipinski definition) is 4. The summed E-state index contributed by atoms with van der Waals surface area (Å²) in [5, 5.41) is 8.99. The van der Waals surface area contributed by atoms with E-state index in [2.05, 4.69) is 4.98 Å². The van der Waals surface area contributed by atoms with Crippen molar-refractivity contribution in [3.63, 3.8) is 0 Å². The molecule has 1 saturated heterocycles. The Morgan fingerprint density at radius 2 is 2.11 bits per heavy atom. The number of piperazine rings is 1. The summed E-state index contributed by atoms with van der Waals surface area (Å²) in [7, 11) is 0. The van der Waals surface area contributed by atoms with Crippen molar-refractivity contribution in [3.05, 3.63) is 29.6 Å². The van der Waals surface area contributed by atoms with E-state index in [0.717, 1.165) is 6.41 Å². The van der Waals surface area contributed by atoms with Crippen molar-refractivity contribution >= 4 is 12.3 Å². The minimum absolute atomic E-state index is 0.0855. The molecule has 6 nitrogen and oxygen atoms in total. The van der Waals surface area contributed by atoms with Gasteiger partial charge in [0.05, 0.1) is 12.3 Å². The van der Waals surface area contributed by atoms with Gasteiger partial charge in [0.1, 0.15) is 0 Å². The van der Waals surface area contributed by atoms with Gasteiger partial charge in [-0.25, -0.2) is 0 Å². The van der Waals surface area contributed by atoms with Gasteiger partial charge in [-0.15, -0.1) is 0 Å². The SMILES string of the molecule is O=CN1CCN(C(=O)c2ccnc(CO)c2)CC1. The molecule has 1 N–H and O–H groups in total. The van der Waals surface area contributed by atoms with Gasteiger partial charge in [0.2, 0.25) is 6.41 Å². The minimum Gasteiger partial charge on any atom is -0.390 e. The number of carbonyl (C=O) groups is 2. The molecule has 96 valence electrons. The Morgan fingerprint density at radius 3 is 2.72 bits per heavy atom. The third kappa shape index (κ3) is 2.65. The molecule has 1 aromatic heterocycles. The van der Waals surface area contributed by atoms with Crippen LogP contribution in [0, 0.1) is 0 Å². The first-order valence-corrected chi connectivity index (χ1v) is 5.79. The summed E-state index contributed by atoms with van der Waals surface area (Å²) in [6.45, 7) is 2.02. The highest BCUT2D eigenvalue weighted by Gasteiger charge is 2.21. The smallest absolute Gasteiger partial charge is 0.254 e. The molecule has 1 aromatic rings. The lowest BCUT2D eigenvalue weighted by Crippen LogP contribution is -2.48. The number of amides is 2. The number of pyridine rings is 1. The minimum atomic E-state index is -0.181. The fourth-order valence-electron chi connectivity index (χ4n) is 1.91. The number of aliphatic hydroxyl groups excluding tert-OH is 1. The molecular weight excluding hydrogens is 234 g/mol. The Balaban J connectivity index is 2.05. The molecule has 0 aromatic carbocycles. The number of carbonyl (C=O) groups excluding carboxylic acids is 2. The number of nitrogens with zero attached hydrogens (tertiary/aromatic N) is 3. The first kappa shape index (κ1) is 12.5. The van der Waals surface area contributed by atoms with Crippen LogP contribution >= 0.6 is 0 Å². The van der Waals surface area contributed by atoms with Crippen LogP contribution in [0.3, 0.4) is 0 Å². The number of aromatic nitrogens is 1. The summed E-state index contributed by atoms with van der Waals surface area (Å²) in [6, 6.07) is 3.22. The zero-order valence-electron chi connectivity index (χ0n) is 9.95. The van der Waals surface area contributed by atoms with Crippen molar-refractivity contribution in [2.24, 2.45) is 0 Å². The van der Waals surface area contributed by atoms with Gasteiger partial charge in [0, 0.05) is 37.9 Å². The van der Waals surface area contributed by atoms with E-state index in [1.165, 1.54) is 6.20 Å². The number of hydrogen-bond donors (Lipinski definition) is 1. The highest BCUT2D eigenvalue weighted by molar-refractivity contribution is 5.94. The van der Waals surface area contributed by atoms with E-state index >= 15 is 0 Å². The van der Waals surface area contributed by atoms with Crippen molar-refractivity contribution in [2.45, 2.75) is 6.61 Å². The van der Waals surface area contributed by atoms with Crippen LogP contribution in [0.1, 0.15) is 16.1 Å².